The van der Waals surface area contributed by atoms with Crippen LogP contribution in [0.5, 0.6) is 5.88 Å². The minimum absolute atomic E-state index is 0.504. The van der Waals surface area contributed by atoms with Crippen LogP contribution in [0.2, 0.25) is 0 Å². The number of aromatic nitrogens is 2. The van der Waals surface area contributed by atoms with Gasteiger partial charge >= 0.3 is 0 Å². The maximum atomic E-state index is 5.26. The van der Waals surface area contributed by atoms with Crippen LogP contribution >= 0.6 is 0 Å². The molecule has 2 heterocycles. The lowest BCUT2D eigenvalue weighted by molar-refractivity contribution is 0.395. The minimum Gasteiger partial charge on any atom is -0.481 e. The van der Waals surface area contributed by atoms with Gasteiger partial charge < -0.3 is 14.5 Å². The van der Waals surface area contributed by atoms with Crippen LogP contribution in [0.3, 0.4) is 0 Å². The molecule has 94 valence electrons. The first-order valence-corrected chi connectivity index (χ1v) is 6.04. The van der Waals surface area contributed by atoms with E-state index >= 15 is 0 Å². The van der Waals surface area contributed by atoms with Crippen LogP contribution < -0.4 is 10.1 Å². The van der Waals surface area contributed by atoms with Crippen molar-refractivity contribution in [2.45, 2.75) is 25.3 Å². The van der Waals surface area contributed by atoms with Crippen LogP contribution in [-0.4, -0.2) is 17.1 Å². The second-order valence-corrected chi connectivity index (χ2v) is 4.36. The summed E-state index contributed by atoms with van der Waals surface area (Å²) in [5.74, 6) is 3.63. The van der Waals surface area contributed by atoms with Crippen LogP contribution in [0, 0.1) is 0 Å². The highest BCUT2D eigenvalue weighted by Gasteiger charge is 2.27. The van der Waals surface area contributed by atoms with E-state index in [2.05, 4.69) is 15.3 Å². The molecule has 3 rings (SSSR count). The Bertz CT molecular complexity index is 521. The van der Waals surface area contributed by atoms with Crippen molar-refractivity contribution in [1.29, 1.82) is 0 Å². The Morgan fingerprint density at radius 1 is 1.44 bits per heavy atom. The van der Waals surface area contributed by atoms with Crippen LogP contribution in [-0.2, 0) is 6.54 Å². The Morgan fingerprint density at radius 2 is 2.33 bits per heavy atom. The van der Waals surface area contributed by atoms with E-state index < -0.39 is 0 Å². The fourth-order valence-corrected chi connectivity index (χ4v) is 1.75. The summed E-state index contributed by atoms with van der Waals surface area (Å²) in [5, 5.41) is 3.22. The normalized spacial score (nSPS) is 14.5. The summed E-state index contributed by atoms with van der Waals surface area (Å²) in [6.45, 7) is 0.608. The van der Waals surface area contributed by atoms with Crippen LogP contribution in [0.15, 0.2) is 28.9 Å². The number of ether oxygens (including phenoxy) is 1. The van der Waals surface area contributed by atoms with Gasteiger partial charge in [-0.05, 0) is 25.0 Å². The third-order valence-electron chi connectivity index (χ3n) is 2.90. The number of nitrogens with zero attached hydrogens (tertiary/aromatic N) is 2. The summed E-state index contributed by atoms with van der Waals surface area (Å²) in [4.78, 5) is 8.86. The molecule has 5 nitrogen and oxygen atoms in total. The molecule has 2 aromatic heterocycles. The molecule has 18 heavy (non-hydrogen) atoms. The predicted octanol–water partition coefficient (Wildman–Crippen LogP) is 2.57. The molecular formula is C13H15N3O2. The number of furan rings is 1. The van der Waals surface area contributed by atoms with Crippen LogP contribution in [0.25, 0.3) is 0 Å². The molecule has 1 aliphatic rings. The third kappa shape index (κ3) is 2.45. The molecule has 1 saturated carbocycles. The molecule has 1 fully saturated rings. The number of anilines is 1. The first-order chi connectivity index (χ1) is 8.85. The Labute approximate surface area is 105 Å². The van der Waals surface area contributed by atoms with Gasteiger partial charge in [-0.15, -0.1) is 0 Å². The van der Waals surface area contributed by atoms with Gasteiger partial charge in [0.15, 0.2) is 0 Å². The monoisotopic (exact) mass is 245 g/mol. The predicted molar refractivity (Wildman–Crippen MR) is 66.6 cm³/mol. The quantitative estimate of drug-likeness (QED) is 0.877. The number of rotatable bonds is 5. The topological polar surface area (TPSA) is 60.2 Å². The largest absolute Gasteiger partial charge is 0.481 e. The Morgan fingerprint density at radius 3 is 3.00 bits per heavy atom. The molecule has 0 spiro atoms. The summed E-state index contributed by atoms with van der Waals surface area (Å²) in [6.07, 6.45) is 4.00. The molecule has 0 saturated heterocycles. The zero-order valence-electron chi connectivity index (χ0n) is 10.2. The molecule has 5 heteroatoms. The second kappa shape index (κ2) is 4.68. The zero-order chi connectivity index (χ0) is 12.4. The van der Waals surface area contributed by atoms with Gasteiger partial charge in [-0.1, -0.05) is 0 Å². The van der Waals surface area contributed by atoms with E-state index in [0.29, 0.717) is 18.3 Å². The minimum atomic E-state index is 0.504. The molecule has 1 N–H and O–H groups in total. The highest BCUT2D eigenvalue weighted by molar-refractivity contribution is 5.39. The van der Waals surface area contributed by atoms with Crippen molar-refractivity contribution in [3.63, 3.8) is 0 Å². The summed E-state index contributed by atoms with van der Waals surface area (Å²) >= 11 is 0. The van der Waals surface area contributed by atoms with Gasteiger partial charge in [0.05, 0.1) is 19.9 Å². The van der Waals surface area contributed by atoms with E-state index in [4.69, 9.17) is 9.15 Å². The number of methoxy groups -OCH3 is 1. The van der Waals surface area contributed by atoms with Crippen LogP contribution in [0.4, 0.5) is 5.82 Å². The first kappa shape index (κ1) is 11.1. The molecule has 0 atom stereocenters. The van der Waals surface area contributed by atoms with Crippen molar-refractivity contribution in [1.82, 2.24) is 9.97 Å². The molecule has 0 amide bonds. The lowest BCUT2D eigenvalue weighted by atomic mass is 10.3. The lowest BCUT2D eigenvalue weighted by Crippen LogP contribution is -2.04. The molecule has 0 unspecified atom stereocenters. The van der Waals surface area contributed by atoms with Crippen molar-refractivity contribution in [2.75, 3.05) is 12.4 Å². The van der Waals surface area contributed by atoms with E-state index in [1.54, 1.807) is 19.4 Å². The number of hydrogen-bond acceptors (Lipinski definition) is 5. The van der Waals surface area contributed by atoms with Gasteiger partial charge in [0, 0.05) is 12.0 Å². The molecule has 0 aliphatic heterocycles. The van der Waals surface area contributed by atoms with Gasteiger partial charge in [-0.25, -0.2) is 4.98 Å². The maximum Gasteiger partial charge on any atom is 0.218 e. The maximum absolute atomic E-state index is 5.26. The standard InChI is InChI=1S/C13H15N3O2/c1-17-12-7-11(14-8-10-3-2-6-18-10)15-13(16-12)9-4-5-9/h2-3,6-7,9H,4-5,8H2,1H3,(H,14,15,16). The third-order valence-corrected chi connectivity index (χ3v) is 2.90. The van der Waals surface area contributed by atoms with Crippen molar-refractivity contribution in [3.8, 4) is 5.88 Å². The molecule has 2 aromatic rings. The van der Waals surface area contributed by atoms with Crippen molar-refractivity contribution in [3.05, 3.63) is 36.0 Å². The number of nitrogens with one attached hydrogen (secondary N) is 1. The van der Waals surface area contributed by atoms with Gasteiger partial charge in [-0.2, -0.15) is 4.98 Å². The molecular weight excluding hydrogens is 230 g/mol. The summed E-state index contributed by atoms with van der Waals surface area (Å²) in [5.41, 5.74) is 0. The number of hydrogen-bond donors (Lipinski definition) is 1. The van der Waals surface area contributed by atoms with E-state index in [-0.39, 0.29) is 0 Å². The highest BCUT2D eigenvalue weighted by Crippen LogP contribution is 2.39. The fraction of sp³-hybridized carbons (Fsp3) is 0.385. The van der Waals surface area contributed by atoms with Crippen LogP contribution in [0.1, 0.15) is 30.3 Å². The molecule has 1 aliphatic carbocycles. The SMILES string of the molecule is COc1cc(NCc2ccco2)nc(C2CC2)n1. The summed E-state index contributed by atoms with van der Waals surface area (Å²) < 4.78 is 10.5. The highest BCUT2D eigenvalue weighted by atomic mass is 16.5. The molecule has 0 aromatic carbocycles. The van der Waals surface area contributed by atoms with Gasteiger partial charge in [0.1, 0.15) is 17.4 Å². The fourth-order valence-electron chi connectivity index (χ4n) is 1.75. The molecule has 0 radical (unpaired) electrons. The van der Waals surface area contributed by atoms with Crippen molar-refractivity contribution in [2.24, 2.45) is 0 Å². The Kier molecular flexibility index (Phi) is 2.88. The average Bonchev–Trinajstić information content (AvgIpc) is 3.13. The molecule has 0 bridgehead atoms. The lowest BCUT2D eigenvalue weighted by Gasteiger charge is -2.08. The Hall–Kier alpha value is -2.04. The summed E-state index contributed by atoms with van der Waals surface area (Å²) in [7, 11) is 1.62. The average molecular weight is 245 g/mol. The van der Waals surface area contributed by atoms with E-state index in [1.807, 2.05) is 12.1 Å². The zero-order valence-corrected chi connectivity index (χ0v) is 10.2. The van der Waals surface area contributed by atoms with E-state index in [0.717, 1.165) is 17.4 Å². The van der Waals surface area contributed by atoms with Gasteiger partial charge in [0.2, 0.25) is 5.88 Å². The Balaban J connectivity index is 1.75. The van der Waals surface area contributed by atoms with E-state index in [9.17, 15) is 0 Å². The van der Waals surface area contributed by atoms with Crippen molar-refractivity contribution >= 4 is 5.82 Å². The first-order valence-electron chi connectivity index (χ1n) is 6.04. The van der Waals surface area contributed by atoms with Crippen molar-refractivity contribution < 1.29 is 9.15 Å². The second-order valence-electron chi connectivity index (χ2n) is 4.36. The van der Waals surface area contributed by atoms with E-state index in [1.165, 1.54) is 12.8 Å². The smallest absolute Gasteiger partial charge is 0.218 e. The van der Waals surface area contributed by atoms with Gasteiger partial charge in [0.25, 0.3) is 0 Å². The summed E-state index contributed by atoms with van der Waals surface area (Å²) in [6, 6.07) is 5.59. The van der Waals surface area contributed by atoms with Gasteiger partial charge in [-0.3, -0.25) is 0 Å².